The van der Waals surface area contributed by atoms with Gasteiger partial charge in [-0.05, 0) is 62.1 Å². The van der Waals surface area contributed by atoms with Crippen LogP contribution in [-0.2, 0) is 9.53 Å². The molecule has 0 bridgehead atoms. The van der Waals surface area contributed by atoms with Gasteiger partial charge in [0.05, 0.1) is 12.6 Å². The second-order valence-corrected chi connectivity index (χ2v) is 8.71. The van der Waals surface area contributed by atoms with E-state index in [1.807, 2.05) is 55.6 Å². The van der Waals surface area contributed by atoms with Crippen molar-refractivity contribution in [2.24, 2.45) is 5.92 Å². The summed E-state index contributed by atoms with van der Waals surface area (Å²) in [4.78, 5) is 31.9. The van der Waals surface area contributed by atoms with E-state index in [-0.39, 0.29) is 29.8 Å². The molecule has 2 heterocycles. The van der Waals surface area contributed by atoms with E-state index in [9.17, 15) is 9.59 Å². The van der Waals surface area contributed by atoms with Gasteiger partial charge < -0.3 is 19.4 Å². The van der Waals surface area contributed by atoms with Crippen LogP contribution in [0.5, 0.6) is 0 Å². The van der Waals surface area contributed by atoms with Gasteiger partial charge in [-0.15, -0.1) is 0 Å². The van der Waals surface area contributed by atoms with Gasteiger partial charge in [-0.2, -0.15) is 0 Å². The molecule has 0 spiro atoms. The van der Waals surface area contributed by atoms with Crippen molar-refractivity contribution in [2.45, 2.75) is 37.8 Å². The van der Waals surface area contributed by atoms with Crippen LogP contribution in [0.2, 0.25) is 0 Å². The van der Waals surface area contributed by atoms with Crippen molar-refractivity contribution < 1.29 is 18.7 Å². The molecule has 5 rings (SSSR count). The quantitative estimate of drug-likeness (QED) is 0.664. The Morgan fingerprint density at radius 1 is 1.06 bits per heavy atom. The van der Waals surface area contributed by atoms with Gasteiger partial charge >= 0.3 is 0 Å². The zero-order chi connectivity index (χ0) is 22.1. The molecule has 0 unspecified atom stereocenters. The molecule has 1 saturated carbocycles. The Morgan fingerprint density at radius 2 is 1.88 bits per heavy atom. The number of fused-ring (bicyclic) bond motifs is 1. The highest BCUT2D eigenvalue weighted by atomic mass is 16.5. The van der Waals surface area contributed by atoms with Gasteiger partial charge in [-0.3, -0.25) is 9.59 Å². The van der Waals surface area contributed by atoms with Crippen LogP contribution in [0, 0.1) is 5.92 Å². The Labute approximate surface area is 186 Å². The Morgan fingerprint density at radius 3 is 2.62 bits per heavy atom. The number of nitrogens with one attached hydrogen (secondary N) is 1. The van der Waals surface area contributed by atoms with Crippen LogP contribution in [0.4, 0.5) is 0 Å². The monoisotopic (exact) mass is 433 g/mol. The second-order valence-electron chi connectivity index (χ2n) is 8.71. The molecule has 2 aliphatic rings. The molecular formula is C25H27N3O4. The van der Waals surface area contributed by atoms with E-state index >= 15 is 0 Å². The summed E-state index contributed by atoms with van der Waals surface area (Å²) < 4.78 is 11.1. The molecule has 7 heteroatoms. The molecule has 1 N–H and O–H groups in total. The van der Waals surface area contributed by atoms with Crippen molar-refractivity contribution in [3.05, 3.63) is 54.1 Å². The van der Waals surface area contributed by atoms with Crippen molar-refractivity contribution in [1.82, 2.24) is 15.2 Å². The van der Waals surface area contributed by atoms with Crippen molar-refractivity contribution in [1.29, 1.82) is 0 Å². The number of nitrogens with zero attached hydrogens (tertiary/aromatic N) is 2. The normalized spacial score (nSPS) is 22.8. The van der Waals surface area contributed by atoms with Gasteiger partial charge in [0.15, 0.2) is 5.58 Å². The fourth-order valence-electron chi connectivity index (χ4n) is 4.64. The molecule has 2 amide bonds. The van der Waals surface area contributed by atoms with E-state index in [1.54, 1.807) is 4.90 Å². The summed E-state index contributed by atoms with van der Waals surface area (Å²) in [7, 11) is 1.83. The molecule has 1 aliphatic carbocycles. The summed E-state index contributed by atoms with van der Waals surface area (Å²) in [5.74, 6) is 0.546. The Balaban J connectivity index is 1.21. The van der Waals surface area contributed by atoms with Crippen molar-refractivity contribution in [2.75, 3.05) is 20.3 Å². The molecule has 3 aromatic rings. The first-order chi connectivity index (χ1) is 15.6. The average Bonchev–Trinajstić information content (AvgIpc) is 3.58. The first-order valence-electron chi connectivity index (χ1n) is 11.2. The van der Waals surface area contributed by atoms with E-state index < -0.39 is 0 Å². The highest BCUT2D eigenvalue weighted by molar-refractivity contribution is 5.95. The molecule has 3 atom stereocenters. The number of aromatic nitrogens is 1. The number of para-hydroxylation sites is 2. The second kappa shape index (κ2) is 8.74. The topological polar surface area (TPSA) is 84.7 Å². The number of amides is 2. The lowest BCUT2D eigenvalue weighted by atomic mass is 10.1. The van der Waals surface area contributed by atoms with E-state index in [1.165, 1.54) is 0 Å². The summed E-state index contributed by atoms with van der Waals surface area (Å²) >= 11 is 0. The van der Waals surface area contributed by atoms with Gasteiger partial charge in [-0.25, -0.2) is 4.98 Å². The minimum atomic E-state index is -0.0441. The minimum Gasteiger partial charge on any atom is -0.436 e. The highest BCUT2D eigenvalue weighted by Gasteiger charge is 2.35. The van der Waals surface area contributed by atoms with Crippen molar-refractivity contribution in [3.8, 4) is 11.5 Å². The SMILES string of the molecule is CN(C(=O)c1ccc(-c2nc3ccccc3o2)cc1)[C@@H]1CC[C@H](C(=O)N[C@@H]2CCOC2)C1. The Hall–Kier alpha value is -3.19. The summed E-state index contributed by atoms with van der Waals surface area (Å²) in [6, 6.07) is 15.2. The Kier molecular flexibility index (Phi) is 5.66. The van der Waals surface area contributed by atoms with Crippen molar-refractivity contribution in [3.63, 3.8) is 0 Å². The van der Waals surface area contributed by atoms with Crippen LogP contribution in [0.3, 0.4) is 0 Å². The van der Waals surface area contributed by atoms with Gasteiger partial charge in [-0.1, -0.05) is 12.1 Å². The molecule has 1 aromatic heterocycles. The van der Waals surface area contributed by atoms with Crippen LogP contribution in [0.25, 0.3) is 22.6 Å². The first kappa shape index (κ1) is 20.7. The molecule has 32 heavy (non-hydrogen) atoms. The van der Waals surface area contributed by atoms with Crippen LogP contribution in [-0.4, -0.2) is 54.0 Å². The van der Waals surface area contributed by atoms with Gasteiger partial charge in [0.2, 0.25) is 11.8 Å². The maximum atomic E-state index is 13.0. The van der Waals surface area contributed by atoms with E-state index in [2.05, 4.69) is 10.3 Å². The smallest absolute Gasteiger partial charge is 0.253 e. The summed E-state index contributed by atoms with van der Waals surface area (Å²) in [6.45, 7) is 1.31. The molecule has 0 radical (unpaired) electrons. The molecular weight excluding hydrogens is 406 g/mol. The third kappa shape index (κ3) is 4.12. The molecule has 1 saturated heterocycles. The largest absolute Gasteiger partial charge is 0.436 e. The van der Waals surface area contributed by atoms with Crippen LogP contribution < -0.4 is 5.32 Å². The summed E-state index contributed by atoms with van der Waals surface area (Å²) in [5.41, 5.74) is 2.99. The maximum absolute atomic E-state index is 13.0. The Bertz CT molecular complexity index is 1080. The molecule has 166 valence electrons. The van der Waals surface area contributed by atoms with Crippen molar-refractivity contribution >= 4 is 22.9 Å². The lowest BCUT2D eigenvalue weighted by molar-refractivity contribution is -0.125. The van der Waals surface area contributed by atoms with Gasteiger partial charge in [0, 0.05) is 36.7 Å². The van der Waals surface area contributed by atoms with Crippen LogP contribution >= 0.6 is 0 Å². The number of carbonyl (C=O) groups excluding carboxylic acids is 2. The number of rotatable bonds is 5. The van der Waals surface area contributed by atoms with Gasteiger partial charge in [0.1, 0.15) is 5.52 Å². The number of ether oxygens (including phenoxy) is 1. The zero-order valence-corrected chi connectivity index (χ0v) is 18.1. The lowest BCUT2D eigenvalue weighted by Gasteiger charge is -2.25. The number of hydrogen-bond acceptors (Lipinski definition) is 5. The van der Waals surface area contributed by atoms with Crippen LogP contribution in [0.15, 0.2) is 52.9 Å². The summed E-state index contributed by atoms with van der Waals surface area (Å²) in [5, 5.41) is 3.09. The van der Waals surface area contributed by atoms with E-state index in [4.69, 9.17) is 9.15 Å². The predicted octanol–water partition coefficient (Wildman–Crippen LogP) is 3.64. The third-order valence-corrected chi connectivity index (χ3v) is 6.59. The van der Waals surface area contributed by atoms with E-state index in [0.717, 1.165) is 35.9 Å². The molecule has 1 aliphatic heterocycles. The minimum absolute atomic E-state index is 0.0376. The van der Waals surface area contributed by atoms with Gasteiger partial charge in [0.25, 0.3) is 5.91 Å². The number of oxazole rings is 1. The molecule has 7 nitrogen and oxygen atoms in total. The number of carbonyl (C=O) groups is 2. The fourth-order valence-corrected chi connectivity index (χ4v) is 4.64. The third-order valence-electron chi connectivity index (χ3n) is 6.59. The lowest BCUT2D eigenvalue weighted by Crippen LogP contribution is -2.40. The van der Waals surface area contributed by atoms with E-state index in [0.29, 0.717) is 31.1 Å². The highest BCUT2D eigenvalue weighted by Crippen LogP contribution is 2.30. The summed E-state index contributed by atoms with van der Waals surface area (Å²) in [6.07, 6.45) is 3.21. The average molecular weight is 434 g/mol. The number of hydrogen-bond donors (Lipinski definition) is 1. The molecule has 2 aromatic carbocycles. The zero-order valence-electron chi connectivity index (χ0n) is 18.1. The fraction of sp³-hybridized carbons (Fsp3) is 0.400. The first-order valence-corrected chi connectivity index (χ1v) is 11.2. The number of benzene rings is 2. The van der Waals surface area contributed by atoms with Crippen LogP contribution in [0.1, 0.15) is 36.0 Å². The maximum Gasteiger partial charge on any atom is 0.253 e. The molecule has 2 fully saturated rings. The predicted molar refractivity (Wildman–Crippen MR) is 120 cm³/mol. The standard InChI is InChI=1S/C25H27N3O4/c1-28(20-11-10-18(14-20)23(29)26-19-12-13-31-15-19)25(30)17-8-6-16(7-9-17)24-27-21-4-2-3-5-22(21)32-24/h2-9,18-20H,10-15H2,1H3,(H,26,29)/t18-,19+,20+/m0/s1.